The van der Waals surface area contributed by atoms with E-state index in [1.165, 1.54) is 10.9 Å². The van der Waals surface area contributed by atoms with Crippen molar-refractivity contribution >= 4 is 10.0 Å². The van der Waals surface area contributed by atoms with Gasteiger partial charge in [-0.15, -0.1) is 0 Å². The van der Waals surface area contributed by atoms with Crippen molar-refractivity contribution in [1.82, 2.24) is 14.1 Å². The molecule has 6 nitrogen and oxygen atoms in total. The first-order valence-corrected chi connectivity index (χ1v) is 7.97. The largest absolute Gasteiger partial charge is 0.384 e. The van der Waals surface area contributed by atoms with Gasteiger partial charge in [0.05, 0.1) is 6.20 Å². The van der Waals surface area contributed by atoms with Gasteiger partial charge >= 0.3 is 0 Å². The Morgan fingerprint density at radius 2 is 2.21 bits per heavy atom. The van der Waals surface area contributed by atoms with E-state index in [9.17, 15) is 8.42 Å². The number of aromatic nitrogens is 2. The van der Waals surface area contributed by atoms with Crippen molar-refractivity contribution in [3.8, 4) is 0 Å². The van der Waals surface area contributed by atoms with Crippen LogP contribution in [0.1, 0.15) is 19.3 Å². The van der Waals surface area contributed by atoms with Gasteiger partial charge in [0.1, 0.15) is 0 Å². The molecule has 1 unspecified atom stereocenters. The van der Waals surface area contributed by atoms with Gasteiger partial charge in [-0.1, -0.05) is 0 Å². The lowest BCUT2D eigenvalue weighted by Crippen LogP contribution is -2.33. The van der Waals surface area contributed by atoms with Crippen LogP contribution in [0.5, 0.6) is 0 Å². The number of methoxy groups -OCH3 is 1. The van der Waals surface area contributed by atoms with Crippen molar-refractivity contribution in [3.05, 3.63) is 12.3 Å². The first kappa shape index (κ1) is 14.5. The third kappa shape index (κ3) is 3.16. The fourth-order valence-corrected chi connectivity index (χ4v) is 4.12. The zero-order chi connectivity index (χ0) is 13.9. The second-order valence-corrected chi connectivity index (χ2v) is 6.83. The lowest BCUT2D eigenvalue weighted by Gasteiger charge is -2.20. The van der Waals surface area contributed by atoms with Gasteiger partial charge in [-0.3, -0.25) is 4.68 Å². The van der Waals surface area contributed by atoms with Crippen LogP contribution in [0.2, 0.25) is 0 Å². The van der Waals surface area contributed by atoms with Crippen LogP contribution in [0.3, 0.4) is 0 Å². The Bertz CT molecular complexity index is 512. The number of hydrogen-bond acceptors (Lipinski definition) is 4. The Balaban J connectivity index is 2.12. The number of hydrogen-bond donors (Lipinski definition) is 0. The monoisotopic (exact) mass is 287 g/mol. The summed E-state index contributed by atoms with van der Waals surface area (Å²) in [6, 6.07) is 1.55. The predicted octanol–water partition coefficient (Wildman–Crippen LogP) is 0.857. The van der Waals surface area contributed by atoms with E-state index in [0.29, 0.717) is 25.6 Å². The molecule has 0 aromatic carbocycles. The van der Waals surface area contributed by atoms with E-state index < -0.39 is 10.0 Å². The maximum Gasteiger partial charge on any atom is 0.260 e. The molecule has 7 heteroatoms. The summed E-state index contributed by atoms with van der Waals surface area (Å²) in [5.74, 6) is 0.455. The van der Waals surface area contributed by atoms with Gasteiger partial charge in [-0.2, -0.15) is 9.40 Å². The maximum atomic E-state index is 12.5. The minimum absolute atomic E-state index is 0.262. The fraction of sp³-hybridized carbons (Fsp3) is 0.750. The van der Waals surface area contributed by atoms with Crippen molar-refractivity contribution < 1.29 is 13.2 Å². The molecule has 1 fully saturated rings. The van der Waals surface area contributed by atoms with Gasteiger partial charge < -0.3 is 4.74 Å². The Hall–Kier alpha value is -0.920. The SMILES string of the molecule is COCC1CCCN(S(=O)(=O)c2ccnn2C)CC1. The van der Waals surface area contributed by atoms with Crippen LogP contribution in [-0.4, -0.2) is 49.3 Å². The van der Waals surface area contributed by atoms with Gasteiger partial charge in [-0.05, 0) is 31.2 Å². The van der Waals surface area contributed by atoms with Crippen LogP contribution in [0.4, 0.5) is 0 Å². The number of rotatable bonds is 4. The molecular formula is C12H21N3O3S. The van der Waals surface area contributed by atoms with E-state index in [4.69, 9.17) is 4.74 Å². The van der Waals surface area contributed by atoms with Gasteiger partial charge in [0.25, 0.3) is 10.0 Å². The molecule has 1 saturated heterocycles. The van der Waals surface area contributed by atoms with Gasteiger partial charge in [0.15, 0.2) is 5.03 Å². The van der Waals surface area contributed by atoms with Crippen LogP contribution in [0, 0.1) is 5.92 Å². The molecule has 1 aliphatic rings. The molecule has 1 aromatic heterocycles. The second kappa shape index (κ2) is 6.02. The summed E-state index contributed by atoms with van der Waals surface area (Å²) in [7, 11) is -0.0773. The normalized spacial score (nSPS) is 22.3. The van der Waals surface area contributed by atoms with Crippen LogP contribution in [0.15, 0.2) is 17.3 Å². The molecule has 0 radical (unpaired) electrons. The molecule has 19 heavy (non-hydrogen) atoms. The molecule has 1 atom stereocenters. The number of sulfonamides is 1. The highest BCUT2D eigenvalue weighted by atomic mass is 32.2. The standard InChI is InChI=1S/C12H21N3O3S/c1-14-12(5-7-13-14)19(16,17)15-8-3-4-11(6-9-15)10-18-2/h5,7,11H,3-4,6,8-10H2,1-2H3. The summed E-state index contributed by atoms with van der Waals surface area (Å²) in [4.78, 5) is 0. The van der Waals surface area contributed by atoms with E-state index in [2.05, 4.69) is 5.10 Å². The van der Waals surface area contributed by atoms with Crippen molar-refractivity contribution in [2.24, 2.45) is 13.0 Å². The van der Waals surface area contributed by atoms with Crippen LogP contribution < -0.4 is 0 Å². The van der Waals surface area contributed by atoms with E-state index in [-0.39, 0.29) is 5.03 Å². The predicted molar refractivity (Wildman–Crippen MR) is 71.2 cm³/mol. The van der Waals surface area contributed by atoms with Crippen molar-refractivity contribution in [2.45, 2.75) is 24.3 Å². The molecule has 1 aliphatic heterocycles. The third-order valence-electron chi connectivity index (χ3n) is 3.59. The number of nitrogens with zero attached hydrogens (tertiary/aromatic N) is 3. The molecule has 108 valence electrons. The smallest absolute Gasteiger partial charge is 0.260 e. The fourth-order valence-electron chi connectivity index (χ4n) is 2.53. The third-order valence-corrected chi connectivity index (χ3v) is 5.56. The Morgan fingerprint density at radius 1 is 1.42 bits per heavy atom. The highest BCUT2D eigenvalue weighted by Crippen LogP contribution is 2.22. The van der Waals surface area contributed by atoms with E-state index in [0.717, 1.165) is 19.3 Å². The molecule has 0 N–H and O–H groups in total. The first-order valence-electron chi connectivity index (χ1n) is 6.53. The molecule has 0 amide bonds. The highest BCUT2D eigenvalue weighted by molar-refractivity contribution is 7.89. The van der Waals surface area contributed by atoms with E-state index >= 15 is 0 Å². The van der Waals surface area contributed by atoms with Crippen LogP contribution in [0.25, 0.3) is 0 Å². The Morgan fingerprint density at radius 3 is 2.84 bits per heavy atom. The average molecular weight is 287 g/mol. The molecule has 2 heterocycles. The van der Waals surface area contributed by atoms with Crippen LogP contribution >= 0.6 is 0 Å². The zero-order valence-corrected chi connectivity index (χ0v) is 12.3. The van der Waals surface area contributed by atoms with Crippen LogP contribution in [-0.2, 0) is 21.8 Å². The van der Waals surface area contributed by atoms with Crippen molar-refractivity contribution in [3.63, 3.8) is 0 Å². The summed E-state index contributed by atoms with van der Waals surface area (Å²) in [5.41, 5.74) is 0. The summed E-state index contributed by atoms with van der Waals surface area (Å²) < 4.78 is 33.2. The maximum absolute atomic E-state index is 12.5. The Labute approximate surface area is 114 Å². The average Bonchev–Trinajstić information content (AvgIpc) is 2.66. The molecular weight excluding hydrogens is 266 g/mol. The van der Waals surface area contributed by atoms with Gasteiger partial charge in [-0.25, -0.2) is 8.42 Å². The van der Waals surface area contributed by atoms with Crippen molar-refractivity contribution in [1.29, 1.82) is 0 Å². The minimum atomic E-state index is -3.42. The van der Waals surface area contributed by atoms with E-state index in [1.807, 2.05) is 0 Å². The molecule has 2 rings (SSSR count). The lowest BCUT2D eigenvalue weighted by molar-refractivity contribution is 0.145. The quantitative estimate of drug-likeness (QED) is 0.824. The number of ether oxygens (including phenoxy) is 1. The zero-order valence-electron chi connectivity index (χ0n) is 11.4. The van der Waals surface area contributed by atoms with Gasteiger partial charge in [0, 0.05) is 33.9 Å². The first-order chi connectivity index (χ1) is 9.05. The topological polar surface area (TPSA) is 64.4 Å². The Kier molecular flexibility index (Phi) is 4.59. The molecule has 0 aliphatic carbocycles. The summed E-state index contributed by atoms with van der Waals surface area (Å²) in [6.07, 6.45) is 4.26. The molecule has 0 bridgehead atoms. The van der Waals surface area contributed by atoms with Crippen molar-refractivity contribution in [2.75, 3.05) is 26.8 Å². The molecule has 0 spiro atoms. The summed E-state index contributed by atoms with van der Waals surface area (Å²) in [5, 5.41) is 4.20. The van der Waals surface area contributed by atoms with Gasteiger partial charge in [0.2, 0.25) is 0 Å². The lowest BCUT2D eigenvalue weighted by atomic mass is 10.0. The summed E-state index contributed by atoms with van der Waals surface area (Å²) in [6.45, 7) is 1.84. The number of aryl methyl sites for hydroxylation is 1. The highest BCUT2D eigenvalue weighted by Gasteiger charge is 2.29. The minimum Gasteiger partial charge on any atom is -0.384 e. The summed E-state index contributed by atoms with van der Waals surface area (Å²) >= 11 is 0. The second-order valence-electron chi connectivity index (χ2n) is 4.95. The van der Waals surface area contributed by atoms with E-state index in [1.54, 1.807) is 24.5 Å². The molecule has 1 aromatic rings. The molecule has 0 saturated carbocycles.